The van der Waals surface area contributed by atoms with Crippen LogP contribution >= 0.6 is 27.7 Å². The molecule has 0 atom stereocenters. The quantitative estimate of drug-likeness (QED) is 0.435. The van der Waals surface area contributed by atoms with Crippen molar-refractivity contribution >= 4 is 50.5 Å². The van der Waals surface area contributed by atoms with E-state index >= 15 is 0 Å². The highest BCUT2D eigenvalue weighted by atomic mass is 79.9. The number of furan rings is 1. The Bertz CT molecular complexity index is 985. The van der Waals surface area contributed by atoms with Gasteiger partial charge in [0.1, 0.15) is 5.82 Å². The molecule has 3 aromatic rings. The summed E-state index contributed by atoms with van der Waals surface area (Å²) >= 11 is 4.69. The molecule has 1 saturated heterocycles. The second-order valence-electron chi connectivity index (χ2n) is 6.10. The van der Waals surface area contributed by atoms with Crippen molar-refractivity contribution in [2.75, 3.05) is 44.0 Å². The van der Waals surface area contributed by atoms with E-state index in [-0.39, 0.29) is 11.7 Å². The van der Waals surface area contributed by atoms with Gasteiger partial charge in [0.05, 0.1) is 31.3 Å². The third kappa shape index (κ3) is 4.01. The summed E-state index contributed by atoms with van der Waals surface area (Å²) in [4.78, 5) is 23.6. The summed E-state index contributed by atoms with van der Waals surface area (Å²) in [5.41, 5.74) is 0.760. The molecule has 1 aliphatic heterocycles. The molecular formula is C17H19BrN6O3S. The Morgan fingerprint density at radius 2 is 2.14 bits per heavy atom. The van der Waals surface area contributed by atoms with E-state index in [0.29, 0.717) is 36.1 Å². The fourth-order valence-corrected chi connectivity index (χ4v) is 3.65. The average Bonchev–Trinajstić information content (AvgIpc) is 3.34. The van der Waals surface area contributed by atoms with Crippen molar-refractivity contribution in [1.29, 1.82) is 0 Å². The number of thioether (sulfide) groups is 1. The van der Waals surface area contributed by atoms with Crippen molar-refractivity contribution in [3.8, 4) is 0 Å². The van der Waals surface area contributed by atoms with E-state index in [1.54, 1.807) is 23.0 Å². The van der Waals surface area contributed by atoms with Gasteiger partial charge in [-0.2, -0.15) is 5.10 Å². The Labute approximate surface area is 174 Å². The van der Waals surface area contributed by atoms with Crippen LogP contribution in [0.1, 0.15) is 10.6 Å². The van der Waals surface area contributed by atoms with Gasteiger partial charge >= 0.3 is 0 Å². The minimum Gasteiger partial charge on any atom is -0.444 e. The van der Waals surface area contributed by atoms with Crippen molar-refractivity contribution < 1.29 is 13.9 Å². The van der Waals surface area contributed by atoms with E-state index in [9.17, 15) is 4.79 Å². The minimum absolute atomic E-state index is 0.263. The zero-order chi connectivity index (χ0) is 19.5. The number of morpholine rings is 1. The average molecular weight is 467 g/mol. The first-order valence-corrected chi connectivity index (χ1v) is 10.8. The normalized spacial score (nSPS) is 14.6. The van der Waals surface area contributed by atoms with Gasteiger partial charge in [0.25, 0.3) is 5.91 Å². The summed E-state index contributed by atoms with van der Waals surface area (Å²) in [5.74, 6) is 0.878. The number of anilines is 1. The SMILES string of the molecule is CSc1nc(N2CCOCC2)c2cnn(CCNC(=O)c3ccc(Br)o3)c2n1. The number of halogens is 1. The molecule has 0 aliphatic carbocycles. The molecule has 28 heavy (non-hydrogen) atoms. The highest BCUT2D eigenvalue weighted by molar-refractivity contribution is 9.10. The van der Waals surface area contributed by atoms with Gasteiger partial charge in [-0.05, 0) is 34.3 Å². The van der Waals surface area contributed by atoms with Crippen LogP contribution in [-0.2, 0) is 11.3 Å². The summed E-state index contributed by atoms with van der Waals surface area (Å²) in [5, 5.41) is 8.89. The third-order valence-corrected chi connectivity index (χ3v) is 5.33. The molecule has 0 spiro atoms. The maximum Gasteiger partial charge on any atom is 0.287 e. The molecule has 1 N–H and O–H groups in total. The number of ether oxygens (including phenoxy) is 1. The Balaban J connectivity index is 1.52. The van der Waals surface area contributed by atoms with Gasteiger partial charge in [0, 0.05) is 19.6 Å². The van der Waals surface area contributed by atoms with Crippen LogP contribution in [0.2, 0.25) is 0 Å². The molecule has 11 heteroatoms. The summed E-state index contributed by atoms with van der Waals surface area (Å²) in [6.07, 6.45) is 3.74. The molecule has 9 nitrogen and oxygen atoms in total. The van der Waals surface area contributed by atoms with Gasteiger partial charge in [-0.25, -0.2) is 14.6 Å². The fourth-order valence-electron chi connectivity index (χ4n) is 2.99. The van der Waals surface area contributed by atoms with Crippen molar-refractivity contribution in [2.24, 2.45) is 0 Å². The van der Waals surface area contributed by atoms with Crippen LogP contribution < -0.4 is 10.2 Å². The summed E-state index contributed by atoms with van der Waals surface area (Å²) in [7, 11) is 0. The van der Waals surface area contributed by atoms with Gasteiger partial charge in [-0.3, -0.25) is 4.79 Å². The number of hydrogen-bond acceptors (Lipinski definition) is 8. The maximum atomic E-state index is 12.1. The van der Waals surface area contributed by atoms with Crippen molar-refractivity contribution in [3.63, 3.8) is 0 Å². The Hall–Kier alpha value is -2.11. The highest BCUT2D eigenvalue weighted by Gasteiger charge is 2.20. The van der Waals surface area contributed by atoms with Crippen LogP contribution in [0.25, 0.3) is 11.0 Å². The number of amides is 1. The fraction of sp³-hybridized carbons (Fsp3) is 0.412. The van der Waals surface area contributed by atoms with Crippen LogP contribution in [0, 0.1) is 0 Å². The van der Waals surface area contributed by atoms with E-state index in [1.165, 1.54) is 11.8 Å². The van der Waals surface area contributed by atoms with E-state index < -0.39 is 0 Å². The van der Waals surface area contributed by atoms with Crippen LogP contribution in [0.4, 0.5) is 5.82 Å². The monoisotopic (exact) mass is 466 g/mol. The first kappa shape index (κ1) is 19.2. The van der Waals surface area contributed by atoms with Gasteiger partial charge in [-0.15, -0.1) is 0 Å². The molecule has 0 unspecified atom stereocenters. The van der Waals surface area contributed by atoms with Crippen LogP contribution in [0.3, 0.4) is 0 Å². The number of hydrogen-bond donors (Lipinski definition) is 1. The van der Waals surface area contributed by atoms with Crippen LogP contribution in [0.5, 0.6) is 0 Å². The van der Waals surface area contributed by atoms with E-state index in [0.717, 1.165) is 29.9 Å². The van der Waals surface area contributed by atoms with Gasteiger partial charge in [0.2, 0.25) is 0 Å². The van der Waals surface area contributed by atoms with Crippen molar-refractivity contribution in [2.45, 2.75) is 11.7 Å². The lowest BCUT2D eigenvalue weighted by Gasteiger charge is -2.28. The Morgan fingerprint density at radius 1 is 1.32 bits per heavy atom. The van der Waals surface area contributed by atoms with E-state index in [2.05, 4.69) is 41.2 Å². The number of fused-ring (bicyclic) bond motifs is 1. The van der Waals surface area contributed by atoms with E-state index in [1.807, 2.05) is 6.26 Å². The molecule has 0 radical (unpaired) electrons. The van der Waals surface area contributed by atoms with Crippen molar-refractivity contribution in [1.82, 2.24) is 25.1 Å². The molecule has 3 aromatic heterocycles. The Kier molecular flexibility index (Phi) is 5.83. The summed E-state index contributed by atoms with van der Waals surface area (Å²) in [6, 6.07) is 3.30. The number of aromatic nitrogens is 4. The van der Waals surface area contributed by atoms with Crippen LogP contribution in [-0.4, -0.2) is 64.8 Å². The smallest absolute Gasteiger partial charge is 0.287 e. The van der Waals surface area contributed by atoms with Gasteiger partial charge in [0.15, 0.2) is 21.2 Å². The maximum absolute atomic E-state index is 12.1. The molecule has 148 valence electrons. The molecule has 1 fully saturated rings. The zero-order valence-corrected chi connectivity index (χ0v) is 17.6. The molecule has 1 aliphatic rings. The predicted molar refractivity (Wildman–Crippen MR) is 109 cm³/mol. The number of carbonyl (C=O) groups excluding carboxylic acids is 1. The first-order valence-electron chi connectivity index (χ1n) is 8.79. The zero-order valence-electron chi connectivity index (χ0n) is 15.2. The van der Waals surface area contributed by atoms with Gasteiger partial charge < -0.3 is 19.4 Å². The lowest BCUT2D eigenvalue weighted by molar-refractivity contribution is 0.0923. The molecule has 1 amide bonds. The second-order valence-corrected chi connectivity index (χ2v) is 7.65. The molecule has 0 saturated carbocycles. The second kappa shape index (κ2) is 8.50. The molecule has 4 heterocycles. The Morgan fingerprint density at radius 3 is 2.86 bits per heavy atom. The summed E-state index contributed by atoms with van der Waals surface area (Å²) in [6.45, 7) is 3.84. The standard InChI is InChI=1S/C17H19BrN6O3S/c1-28-17-21-14(23-6-8-26-9-7-23)11-10-20-24(15(11)22-17)5-4-19-16(25)12-2-3-13(18)27-12/h2-3,10H,4-9H2,1H3,(H,19,25). The molecule has 0 bridgehead atoms. The lowest BCUT2D eigenvalue weighted by Crippen LogP contribution is -2.37. The predicted octanol–water partition coefficient (Wildman–Crippen LogP) is 2.17. The first-order chi connectivity index (χ1) is 13.7. The van der Waals surface area contributed by atoms with Crippen LogP contribution in [0.15, 0.2) is 32.6 Å². The number of rotatable bonds is 6. The number of nitrogens with zero attached hydrogens (tertiary/aromatic N) is 5. The van der Waals surface area contributed by atoms with E-state index in [4.69, 9.17) is 9.15 Å². The van der Waals surface area contributed by atoms with Crippen molar-refractivity contribution in [3.05, 3.63) is 28.8 Å². The topological polar surface area (TPSA) is 98.3 Å². The lowest BCUT2D eigenvalue weighted by atomic mass is 10.3. The summed E-state index contributed by atoms with van der Waals surface area (Å²) < 4.78 is 13.0. The highest BCUT2D eigenvalue weighted by Crippen LogP contribution is 2.27. The van der Waals surface area contributed by atoms with Gasteiger partial charge in [-0.1, -0.05) is 11.8 Å². The molecular weight excluding hydrogens is 448 g/mol. The number of carbonyl (C=O) groups is 1. The minimum atomic E-state index is -0.268. The largest absolute Gasteiger partial charge is 0.444 e. The molecule has 4 rings (SSSR count). The number of nitrogens with one attached hydrogen (secondary N) is 1. The molecule has 0 aromatic carbocycles. The third-order valence-electron chi connectivity index (χ3n) is 4.35.